The normalized spacial score (nSPS) is 17.9. The average molecular weight is 1530 g/mol. The minimum atomic E-state index is -1.87. The van der Waals surface area contributed by atoms with Crippen molar-refractivity contribution < 1.29 is 86.9 Å². The number of aliphatic hydroxyl groups excluding tert-OH is 1. The first-order valence-corrected chi connectivity index (χ1v) is 36.5. The Hall–Kier alpha value is -11.6. The number of cyclic esters (lactones) is 1. The second-order valence-electron chi connectivity index (χ2n) is 26.8. The van der Waals surface area contributed by atoms with Crippen LogP contribution in [0.2, 0.25) is 0 Å². The van der Waals surface area contributed by atoms with Crippen LogP contribution in [0.5, 0.6) is 5.75 Å². The monoisotopic (exact) mass is 1530 g/mol. The maximum absolute atomic E-state index is 15.0. The Morgan fingerprint density at radius 3 is 1.55 bits per heavy atom. The maximum atomic E-state index is 15.0. The number of H-pyrrole nitrogens is 2. The number of nitrogens with one attached hydrogen (secondary N) is 15. The molecular weight excluding hydrogens is 1430 g/mol. The van der Waals surface area contributed by atoms with E-state index in [0.29, 0.717) is 44.9 Å². The van der Waals surface area contributed by atoms with E-state index in [0.717, 1.165) is 0 Å². The molecule has 37 nitrogen and oxygen atoms in total. The van der Waals surface area contributed by atoms with Gasteiger partial charge in [0.25, 0.3) is 0 Å². The fraction of sp³-hybridized carbons (Fsp3) is 0.493. The topological polar surface area (TPSA) is 598 Å². The van der Waals surface area contributed by atoms with Crippen LogP contribution in [0.25, 0.3) is 21.8 Å². The third-order valence-electron chi connectivity index (χ3n) is 18.3. The van der Waals surface area contributed by atoms with Gasteiger partial charge >= 0.3 is 5.97 Å². The van der Waals surface area contributed by atoms with Gasteiger partial charge in [-0.05, 0) is 118 Å². The number of aliphatic hydroxyl groups is 1. The summed E-state index contributed by atoms with van der Waals surface area (Å²) in [4.78, 5) is 215. The lowest BCUT2D eigenvalue weighted by molar-refractivity contribution is -0.153. The predicted molar refractivity (Wildman–Crippen MR) is 400 cm³/mol. The Morgan fingerprint density at radius 1 is 0.555 bits per heavy atom. The molecule has 3 heterocycles. The number of esters is 1. The highest BCUT2D eigenvalue weighted by Crippen LogP contribution is 2.23. The summed E-state index contributed by atoms with van der Waals surface area (Å²) >= 11 is 0. The molecule has 25 N–H and O–H groups in total. The molecule has 0 unspecified atom stereocenters. The van der Waals surface area contributed by atoms with E-state index < -0.39 is 194 Å². The average Bonchev–Trinajstić information content (AvgIpc) is 1.64. The van der Waals surface area contributed by atoms with Gasteiger partial charge in [0.2, 0.25) is 82.7 Å². The zero-order chi connectivity index (χ0) is 80.6. The molecule has 0 radical (unpaired) electrons. The molecule has 1 aliphatic rings. The fourth-order valence-corrected chi connectivity index (χ4v) is 12.0. The van der Waals surface area contributed by atoms with Crippen molar-refractivity contribution >= 4 is 110 Å². The van der Waals surface area contributed by atoms with E-state index in [4.69, 9.17) is 27.7 Å². The molecule has 110 heavy (non-hydrogen) atoms. The predicted octanol–water partition coefficient (Wildman–Crippen LogP) is -4.54. The quantitative estimate of drug-likeness (QED) is 0.0165. The molecule has 5 aromatic rings. The van der Waals surface area contributed by atoms with Crippen LogP contribution in [0.4, 0.5) is 0 Å². The zero-order valence-corrected chi connectivity index (χ0v) is 61.9. The molecule has 0 aliphatic carbocycles. The second kappa shape index (κ2) is 44.0. The number of aromatic hydroxyl groups is 1. The zero-order valence-electron chi connectivity index (χ0n) is 61.9. The molecule has 0 spiro atoms. The molecule has 2 aromatic heterocycles. The Bertz CT molecular complexity index is 4040. The summed E-state index contributed by atoms with van der Waals surface area (Å²) in [6.45, 7) is 3.19. The van der Waals surface area contributed by atoms with E-state index in [1.54, 1.807) is 81.7 Å². The maximum Gasteiger partial charge on any atom is 0.325 e. The molecule has 12 atom stereocenters. The standard InChI is InChI=1S/C73H103N19O18/c1-5-14-58(96)84-56(38-93)71(107)87-52(29-41-22-24-44(94)25-23-41)68(104)89-53(30-42-33-78-47-17-9-7-15-45(42)47)69(105)86-51(21-13-28-76)67(103)85-49(19-11-26-74)64(100)82-36-60(98)83-50(20-12-27-75)66(102)88-54(31-43-34-79-48-18-10-8-16-46(43)48)70(106)92-63-40(4)110-61(99)37-80-59(97)35-81-65(101)55(32-57(77)95)90-72(108)62(39(3)6-2)91-73(63)109/h7-10,15-18,22-25,33-34,39-40,49-56,62-63,78-79,93-94H,5-6,11-14,19-21,26-32,35-38,74-76H2,1-4H3,(H2,77,95)(H,80,97)(H,81,101)(H,82,100)(H,83,98)(H,84,96)(H,85,103)(H,86,105)(H,87,107)(H,88,102)(H,89,104)(H,90,108)(H,91,109)(H,92,106)/t39-,40+,49-,50+,51+,52+,53+,54-,55-,56+,62-,63-/m0/s1. The van der Waals surface area contributed by atoms with Crippen LogP contribution in [0.1, 0.15) is 109 Å². The summed E-state index contributed by atoms with van der Waals surface area (Å²) in [5.41, 5.74) is 26.0. The largest absolute Gasteiger partial charge is 0.508 e. The summed E-state index contributed by atoms with van der Waals surface area (Å²) in [6.07, 6.45) is 1.01. The molecular formula is C73H103N19O18. The number of benzene rings is 3. The highest BCUT2D eigenvalue weighted by atomic mass is 16.5. The van der Waals surface area contributed by atoms with E-state index in [1.807, 2.05) is 0 Å². The highest BCUT2D eigenvalue weighted by molar-refractivity contribution is 6.01. The number of rotatable bonds is 39. The number of hydrogen-bond donors (Lipinski definition) is 21. The SMILES string of the molecule is CCCC(=O)N[C@H](CO)C(=O)N[C@H](Cc1ccc(O)cc1)C(=O)N[C@H](Cc1c[nH]c2ccccc12)C(=O)N[C@H](CCCN)C(=O)N[C@@H](CCCN)C(=O)NCC(=O)N[C@H](CCCN)C(=O)N[C@@H](Cc1c[nH]c2ccccc12)C(=O)N[C@@H]1C(=O)N[C@@H]([C@@H](C)CC)C(=O)N[C@@H](CC(N)=O)C(=O)NCC(=O)NCC(=O)O[C@@H]1C. The van der Waals surface area contributed by atoms with Crippen molar-refractivity contribution in [1.29, 1.82) is 0 Å². The van der Waals surface area contributed by atoms with Gasteiger partial charge in [-0.25, -0.2) is 0 Å². The van der Waals surface area contributed by atoms with E-state index >= 15 is 0 Å². The molecule has 1 fully saturated rings. The number of aromatic amines is 2. The molecule has 14 amide bonds. The smallest absolute Gasteiger partial charge is 0.325 e. The van der Waals surface area contributed by atoms with Crippen LogP contribution < -0.4 is 92.1 Å². The second-order valence-corrected chi connectivity index (χ2v) is 26.8. The Kier molecular flexibility index (Phi) is 35.0. The van der Waals surface area contributed by atoms with Gasteiger partial charge in [0.15, 0.2) is 0 Å². The number of para-hydroxylation sites is 2. The summed E-state index contributed by atoms with van der Waals surface area (Å²) < 4.78 is 5.55. The third-order valence-corrected chi connectivity index (χ3v) is 18.3. The number of carbonyl (C=O) groups excluding carboxylic acids is 15. The summed E-state index contributed by atoms with van der Waals surface area (Å²) in [7, 11) is 0. The summed E-state index contributed by atoms with van der Waals surface area (Å²) in [5.74, 6) is -14.9. The van der Waals surface area contributed by atoms with Crippen molar-refractivity contribution in [2.45, 2.75) is 178 Å². The minimum Gasteiger partial charge on any atom is -0.508 e. The minimum absolute atomic E-state index is 0.00687. The van der Waals surface area contributed by atoms with Crippen LogP contribution in [0.15, 0.2) is 85.2 Å². The third kappa shape index (κ3) is 27.0. The number of phenolic OH excluding ortho intramolecular Hbond substituents is 1. The molecule has 37 heteroatoms. The van der Waals surface area contributed by atoms with Crippen LogP contribution in [-0.2, 0) is 95.9 Å². The van der Waals surface area contributed by atoms with E-state index in [2.05, 4.69) is 79.1 Å². The number of primary amides is 1. The summed E-state index contributed by atoms with van der Waals surface area (Å²) in [5, 5.41) is 54.4. The van der Waals surface area contributed by atoms with Gasteiger partial charge in [0.1, 0.15) is 78.8 Å². The number of nitrogens with two attached hydrogens (primary N) is 4. The van der Waals surface area contributed by atoms with Crippen molar-refractivity contribution in [3.8, 4) is 5.75 Å². The van der Waals surface area contributed by atoms with Crippen molar-refractivity contribution in [1.82, 2.24) is 79.1 Å². The first kappa shape index (κ1) is 87.3. The first-order chi connectivity index (χ1) is 52.6. The molecule has 0 bridgehead atoms. The molecule has 1 aliphatic heterocycles. The van der Waals surface area contributed by atoms with E-state index in [9.17, 15) is 82.1 Å². The Morgan fingerprint density at radius 2 is 1.04 bits per heavy atom. The van der Waals surface area contributed by atoms with Gasteiger partial charge < -0.3 is 117 Å². The van der Waals surface area contributed by atoms with E-state index in [-0.39, 0.29) is 96.0 Å². The number of carbonyl (C=O) groups is 15. The number of fused-ring (bicyclic) bond motifs is 2. The van der Waals surface area contributed by atoms with Crippen LogP contribution in [-0.4, -0.2) is 221 Å². The molecule has 3 aromatic carbocycles. The van der Waals surface area contributed by atoms with Crippen molar-refractivity contribution in [2.75, 3.05) is 45.9 Å². The number of hydrogen-bond acceptors (Lipinski definition) is 21. The lowest BCUT2D eigenvalue weighted by Crippen LogP contribution is -2.63. The van der Waals surface area contributed by atoms with Gasteiger partial charge in [0.05, 0.1) is 26.1 Å². The molecule has 1 saturated heterocycles. The molecule has 6 rings (SSSR count). The summed E-state index contributed by atoms with van der Waals surface area (Å²) in [6, 6.07) is 4.44. The molecule has 0 saturated carbocycles. The fourth-order valence-electron chi connectivity index (χ4n) is 12.0. The Balaban J connectivity index is 1.23. The van der Waals surface area contributed by atoms with Crippen LogP contribution >= 0.6 is 0 Å². The van der Waals surface area contributed by atoms with Crippen molar-refractivity contribution in [3.63, 3.8) is 0 Å². The number of aromatic nitrogens is 2. The number of ether oxygens (including phenoxy) is 1. The highest BCUT2D eigenvalue weighted by Gasteiger charge is 2.40. The number of amides is 14. The number of phenols is 1. The van der Waals surface area contributed by atoms with Crippen molar-refractivity contribution in [3.05, 3.63) is 102 Å². The molecule has 598 valence electrons. The lowest BCUT2D eigenvalue weighted by Gasteiger charge is -2.31. The van der Waals surface area contributed by atoms with Gasteiger partial charge in [0, 0.05) is 59.9 Å². The van der Waals surface area contributed by atoms with Gasteiger partial charge in [-0.3, -0.25) is 71.9 Å². The van der Waals surface area contributed by atoms with E-state index in [1.165, 1.54) is 31.2 Å². The van der Waals surface area contributed by atoms with Crippen LogP contribution in [0.3, 0.4) is 0 Å². The van der Waals surface area contributed by atoms with Gasteiger partial charge in [-0.2, -0.15) is 0 Å². The van der Waals surface area contributed by atoms with Crippen LogP contribution in [0, 0.1) is 5.92 Å². The van der Waals surface area contributed by atoms with Gasteiger partial charge in [-0.1, -0.05) is 75.7 Å². The first-order valence-electron chi connectivity index (χ1n) is 36.5. The lowest BCUT2D eigenvalue weighted by atomic mass is 9.96. The van der Waals surface area contributed by atoms with Gasteiger partial charge in [-0.15, -0.1) is 0 Å². The Labute approximate surface area is 634 Å². The van der Waals surface area contributed by atoms with Crippen molar-refractivity contribution in [2.24, 2.45) is 28.9 Å².